The lowest BCUT2D eigenvalue weighted by molar-refractivity contribution is -0.595. The molecule has 4 rings (SSSR count). The lowest BCUT2D eigenvalue weighted by Crippen LogP contribution is -2.29. The van der Waals surface area contributed by atoms with E-state index in [1.54, 1.807) is 19.4 Å². The van der Waals surface area contributed by atoms with Gasteiger partial charge in [0.15, 0.2) is 11.4 Å². The Hall–Kier alpha value is -2.87. The molecule has 1 aliphatic heterocycles. The molecule has 8 heteroatoms. The van der Waals surface area contributed by atoms with E-state index in [9.17, 15) is 8.42 Å². The van der Waals surface area contributed by atoms with Crippen molar-refractivity contribution in [2.75, 3.05) is 23.7 Å². The summed E-state index contributed by atoms with van der Waals surface area (Å²) < 4.78 is 35.5. The summed E-state index contributed by atoms with van der Waals surface area (Å²) in [5.41, 5.74) is 3.56. The number of rotatable bonds is 5. The molecule has 0 bridgehead atoms. The summed E-state index contributed by atoms with van der Waals surface area (Å²) in [6.45, 7) is 3.22. The number of benzene rings is 1. The van der Waals surface area contributed by atoms with E-state index in [1.165, 1.54) is 4.31 Å². The van der Waals surface area contributed by atoms with E-state index in [1.807, 2.05) is 54.3 Å². The van der Waals surface area contributed by atoms with Crippen molar-refractivity contribution in [3.8, 4) is 11.4 Å². The molecule has 0 amide bonds. The van der Waals surface area contributed by atoms with Gasteiger partial charge in [0, 0.05) is 25.7 Å². The van der Waals surface area contributed by atoms with Gasteiger partial charge in [0.2, 0.25) is 16.4 Å². The normalized spacial score (nSPS) is 15.7. The zero-order valence-corrected chi connectivity index (χ0v) is 16.8. The van der Waals surface area contributed by atoms with E-state index in [-0.39, 0.29) is 5.75 Å². The first-order chi connectivity index (χ1) is 13.5. The minimum absolute atomic E-state index is 0.196. The zero-order valence-electron chi connectivity index (χ0n) is 15.9. The molecule has 0 saturated carbocycles. The summed E-state index contributed by atoms with van der Waals surface area (Å²) in [5.74, 6) is 0.820. The first-order valence-corrected chi connectivity index (χ1v) is 10.8. The third kappa shape index (κ3) is 3.47. The standard InChI is InChI=1S/C20H23N4O3S/c1-16-13-23(15-22(16)14-17-6-3-4-9-21-17)19-8-7-18(12-20(19)27-2)24-10-5-11-28(24,25)26/h3-4,6-9,12-13,15H,5,10-11,14H2,1-2H3/q+1. The van der Waals surface area contributed by atoms with Crippen LogP contribution in [0.1, 0.15) is 17.8 Å². The van der Waals surface area contributed by atoms with Crippen LogP contribution in [0.25, 0.3) is 5.69 Å². The Bertz CT molecular complexity index is 1090. The number of nitrogens with zero attached hydrogens (tertiary/aromatic N) is 4. The van der Waals surface area contributed by atoms with Crippen LogP contribution in [0.4, 0.5) is 5.69 Å². The number of anilines is 1. The Kier molecular flexibility index (Phi) is 4.80. The third-order valence-corrected chi connectivity index (χ3v) is 6.80. The van der Waals surface area contributed by atoms with Gasteiger partial charge in [0.05, 0.1) is 24.2 Å². The van der Waals surface area contributed by atoms with Gasteiger partial charge >= 0.3 is 0 Å². The number of hydrogen-bond donors (Lipinski definition) is 0. The van der Waals surface area contributed by atoms with Crippen molar-refractivity contribution in [3.63, 3.8) is 0 Å². The molecule has 0 atom stereocenters. The lowest BCUT2D eigenvalue weighted by atomic mass is 10.2. The van der Waals surface area contributed by atoms with Gasteiger partial charge in [-0.15, -0.1) is 0 Å². The number of aromatic nitrogens is 3. The number of hydrogen-bond acceptors (Lipinski definition) is 4. The summed E-state index contributed by atoms with van der Waals surface area (Å²) in [4.78, 5) is 4.38. The largest absolute Gasteiger partial charge is 0.492 e. The van der Waals surface area contributed by atoms with Crippen LogP contribution in [-0.4, -0.2) is 37.4 Å². The molecule has 146 valence electrons. The number of sulfonamides is 1. The molecule has 1 aliphatic rings. The van der Waals surface area contributed by atoms with Crippen LogP contribution >= 0.6 is 0 Å². The fraction of sp³-hybridized carbons (Fsp3) is 0.300. The highest BCUT2D eigenvalue weighted by Gasteiger charge is 2.29. The van der Waals surface area contributed by atoms with Crippen LogP contribution in [0.3, 0.4) is 0 Å². The van der Waals surface area contributed by atoms with Crippen molar-refractivity contribution in [1.82, 2.24) is 9.55 Å². The van der Waals surface area contributed by atoms with E-state index in [0.29, 0.717) is 30.9 Å². The van der Waals surface area contributed by atoms with E-state index in [4.69, 9.17) is 4.74 Å². The monoisotopic (exact) mass is 399 g/mol. The van der Waals surface area contributed by atoms with Gasteiger partial charge in [-0.1, -0.05) is 6.07 Å². The molecule has 0 N–H and O–H groups in total. The quantitative estimate of drug-likeness (QED) is 0.616. The van der Waals surface area contributed by atoms with E-state index < -0.39 is 10.0 Å². The minimum atomic E-state index is -3.22. The van der Waals surface area contributed by atoms with Gasteiger partial charge in [-0.05, 0) is 30.7 Å². The molecule has 7 nitrogen and oxygen atoms in total. The van der Waals surface area contributed by atoms with Crippen LogP contribution in [-0.2, 0) is 16.6 Å². The molecule has 3 aromatic rings. The Morgan fingerprint density at radius 1 is 1.25 bits per heavy atom. The zero-order chi connectivity index (χ0) is 19.7. The smallest absolute Gasteiger partial charge is 0.249 e. The fourth-order valence-electron chi connectivity index (χ4n) is 3.48. The molecular weight excluding hydrogens is 376 g/mol. The highest BCUT2D eigenvalue weighted by molar-refractivity contribution is 7.93. The van der Waals surface area contributed by atoms with Crippen LogP contribution in [0, 0.1) is 6.92 Å². The van der Waals surface area contributed by atoms with Gasteiger partial charge < -0.3 is 4.74 Å². The number of ether oxygens (including phenoxy) is 1. The minimum Gasteiger partial charge on any atom is -0.492 e. The van der Waals surface area contributed by atoms with Crippen LogP contribution in [0.15, 0.2) is 55.1 Å². The van der Waals surface area contributed by atoms with E-state index >= 15 is 0 Å². The maximum absolute atomic E-state index is 12.2. The summed E-state index contributed by atoms with van der Waals surface area (Å²) >= 11 is 0. The van der Waals surface area contributed by atoms with Gasteiger partial charge in [0.1, 0.15) is 18.4 Å². The van der Waals surface area contributed by atoms with Crippen LogP contribution in [0.5, 0.6) is 5.75 Å². The molecule has 2 aromatic heterocycles. The molecule has 3 heterocycles. The molecule has 1 fully saturated rings. The molecular formula is C20H23N4O3S+. The van der Waals surface area contributed by atoms with Gasteiger partial charge in [0.25, 0.3) is 0 Å². The van der Waals surface area contributed by atoms with Gasteiger partial charge in [-0.3, -0.25) is 9.29 Å². The lowest BCUT2D eigenvalue weighted by Gasteiger charge is -2.18. The second-order valence-corrected chi connectivity index (χ2v) is 8.85. The Morgan fingerprint density at radius 3 is 2.79 bits per heavy atom. The number of methoxy groups -OCH3 is 1. The first-order valence-electron chi connectivity index (χ1n) is 9.15. The average Bonchev–Trinajstić information content (AvgIpc) is 3.23. The molecule has 28 heavy (non-hydrogen) atoms. The topological polar surface area (TPSA) is 68.3 Å². The van der Waals surface area contributed by atoms with Crippen LogP contribution in [0.2, 0.25) is 0 Å². The van der Waals surface area contributed by atoms with Crippen molar-refractivity contribution >= 4 is 15.7 Å². The van der Waals surface area contributed by atoms with Gasteiger partial charge in [-0.2, -0.15) is 4.57 Å². The highest BCUT2D eigenvalue weighted by atomic mass is 32.2. The molecule has 1 saturated heterocycles. The predicted molar refractivity (Wildman–Crippen MR) is 106 cm³/mol. The SMILES string of the molecule is COc1cc(N2CCCS2(=O)=O)ccc1-[n+]1cc(C)n(Cc2ccccn2)c1. The number of imidazole rings is 1. The second-order valence-electron chi connectivity index (χ2n) is 6.84. The fourth-order valence-corrected chi connectivity index (χ4v) is 5.03. The summed E-state index contributed by atoms with van der Waals surface area (Å²) in [5, 5.41) is 0. The van der Waals surface area contributed by atoms with E-state index in [0.717, 1.165) is 17.1 Å². The molecule has 0 unspecified atom stereocenters. The molecule has 0 radical (unpaired) electrons. The first kappa shape index (κ1) is 18.5. The van der Waals surface area contributed by atoms with Crippen LogP contribution < -0.4 is 13.6 Å². The second kappa shape index (κ2) is 7.27. The Balaban J connectivity index is 1.67. The summed E-state index contributed by atoms with van der Waals surface area (Å²) in [6.07, 6.45) is 6.45. The van der Waals surface area contributed by atoms with E-state index in [2.05, 4.69) is 9.55 Å². The average molecular weight is 399 g/mol. The summed E-state index contributed by atoms with van der Waals surface area (Å²) in [6, 6.07) is 11.4. The summed E-state index contributed by atoms with van der Waals surface area (Å²) in [7, 11) is -1.62. The Labute approximate surface area is 164 Å². The van der Waals surface area contributed by atoms with Gasteiger partial charge in [-0.25, -0.2) is 13.0 Å². The van der Waals surface area contributed by atoms with Crippen molar-refractivity contribution in [1.29, 1.82) is 0 Å². The molecule has 0 aliphatic carbocycles. The Morgan fingerprint density at radius 2 is 2.11 bits per heavy atom. The molecule has 1 aromatic carbocycles. The maximum atomic E-state index is 12.2. The van der Waals surface area contributed by atoms with Crippen molar-refractivity contribution in [2.45, 2.75) is 19.9 Å². The number of aryl methyl sites for hydroxylation is 1. The van der Waals surface area contributed by atoms with Crippen molar-refractivity contribution in [2.24, 2.45) is 0 Å². The van der Waals surface area contributed by atoms with Crippen molar-refractivity contribution < 1.29 is 17.7 Å². The molecule has 0 spiro atoms. The predicted octanol–water partition coefficient (Wildman–Crippen LogP) is 2.07. The highest BCUT2D eigenvalue weighted by Crippen LogP contribution is 2.30. The number of pyridine rings is 1. The maximum Gasteiger partial charge on any atom is 0.249 e. The third-order valence-electron chi connectivity index (χ3n) is 4.93. The van der Waals surface area contributed by atoms with Crippen molar-refractivity contribution in [3.05, 3.63) is 66.5 Å².